The van der Waals surface area contributed by atoms with Crippen molar-refractivity contribution in [3.8, 4) is 0 Å². The lowest BCUT2D eigenvalue weighted by Crippen LogP contribution is -2.50. The van der Waals surface area contributed by atoms with E-state index in [2.05, 4.69) is 39.5 Å². The monoisotopic (exact) mass is 462 g/mol. The summed E-state index contributed by atoms with van der Waals surface area (Å²) in [5.41, 5.74) is 1.95. The third-order valence-corrected chi connectivity index (χ3v) is 9.42. The van der Waals surface area contributed by atoms with E-state index in [0.29, 0.717) is 23.9 Å². The Kier molecular flexibility index (Phi) is 6.87. The number of esters is 1. The van der Waals surface area contributed by atoms with Gasteiger partial charge in [0.05, 0.1) is 6.61 Å². The van der Waals surface area contributed by atoms with Crippen molar-refractivity contribution in [2.75, 3.05) is 13.2 Å². The smallest absolute Gasteiger partial charge is 0.302 e. The maximum Gasteiger partial charge on any atom is 0.302 e. The molecule has 6 nitrogen and oxygen atoms in total. The Morgan fingerprint density at radius 1 is 1.24 bits per heavy atom. The molecular weight excluding hydrogens is 420 g/mol. The van der Waals surface area contributed by atoms with Gasteiger partial charge in [0, 0.05) is 12.3 Å². The quantitative estimate of drug-likeness (QED) is 0.456. The third-order valence-electron chi connectivity index (χ3n) is 9.42. The van der Waals surface area contributed by atoms with E-state index in [1.807, 2.05) is 0 Å². The molecule has 1 saturated heterocycles. The van der Waals surface area contributed by atoms with Crippen LogP contribution in [0.25, 0.3) is 0 Å². The number of hydrogen-bond donors (Lipinski definition) is 2. The predicted octanol–water partition coefficient (Wildman–Crippen LogP) is 4.15. The second-order valence-corrected chi connectivity index (χ2v) is 11.8. The van der Waals surface area contributed by atoms with Gasteiger partial charge in [-0.2, -0.15) is 0 Å². The summed E-state index contributed by atoms with van der Waals surface area (Å²) in [5, 5.41) is 20.7. The first-order valence-corrected chi connectivity index (χ1v) is 12.6. The first-order valence-electron chi connectivity index (χ1n) is 12.6. The van der Waals surface area contributed by atoms with Crippen LogP contribution in [0.2, 0.25) is 0 Å². The number of carbonyl (C=O) groups excluding carboxylic acids is 1. The summed E-state index contributed by atoms with van der Waals surface area (Å²) < 4.78 is 16.8. The number of ether oxygens (including phenoxy) is 3. The average Bonchev–Trinajstić information content (AvgIpc) is 3.05. The molecule has 1 heterocycles. The van der Waals surface area contributed by atoms with Crippen LogP contribution in [0.5, 0.6) is 0 Å². The molecule has 0 spiro atoms. The first kappa shape index (κ1) is 24.9. The lowest BCUT2D eigenvalue weighted by Gasteiger charge is -2.58. The number of rotatable bonds is 6. The molecule has 2 N–H and O–H groups in total. The van der Waals surface area contributed by atoms with Gasteiger partial charge in [-0.25, -0.2) is 0 Å². The molecule has 0 aromatic rings. The molecule has 2 saturated carbocycles. The Balaban J connectivity index is 1.45. The summed E-state index contributed by atoms with van der Waals surface area (Å²) in [6, 6.07) is 0. The van der Waals surface area contributed by atoms with Crippen molar-refractivity contribution in [2.45, 2.75) is 97.2 Å². The Hall–Kier alpha value is -1.21. The van der Waals surface area contributed by atoms with E-state index >= 15 is 0 Å². The highest BCUT2D eigenvalue weighted by atomic mass is 16.7. The molecule has 33 heavy (non-hydrogen) atoms. The summed E-state index contributed by atoms with van der Waals surface area (Å²) in [6.07, 6.45) is 8.82. The molecule has 3 aliphatic carbocycles. The fourth-order valence-corrected chi connectivity index (χ4v) is 7.02. The van der Waals surface area contributed by atoms with Crippen molar-refractivity contribution in [2.24, 2.45) is 28.1 Å². The fourth-order valence-electron chi connectivity index (χ4n) is 7.02. The van der Waals surface area contributed by atoms with E-state index in [1.165, 1.54) is 38.2 Å². The molecule has 6 heteroatoms. The number of fused-ring (bicyclic) bond motifs is 3. The topological polar surface area (TPSA) is 85.2 Å². The first-order chi connectivity index (χ1) is 15.5. The molecule has 0 bridgehead atoms. The SMILES string of the molecule is C=C[C@@]1(C)CC[C@@]2(C)[C@@H](CC=C3[C@@H]2CCC[C@]3(C)CO[C@@H]2O[C@@H](COC(C)=O)[C@H](O)[C@H]2O)C1. The van der Waals surface area contributed by atoms with Crippen LogP contribution in [0.4, 0.5) is 0 Å². The molecule has 4 rings (SSSR count). The van der Waals surface area contributed by atoms with E-state index in [9.17, 15) is 15.0 Å². The van der Waals surface area contributed by atoms with Crippen LogP contribution in [-0.2, 0) is 19.0 Å². The molecule has 0 radical (unpaired) electrons. The summed E-state index contributed by atoms with van der Waals surface area (Å²) in [4.78, 5) is 11.1. The lowest BCUT2D eigenvalue weighted by atomic mass is 9.47. The van der Waals surface area contributed by atoms with E-state index in [0.717, 1.165) is 19.3 Å². The van der Waals surface area contributed by atoms with Gasteiger partial charge in [-0.3, -0.25) is 4.79 Å². The fraction of sp³-hybridized carbons (Fsp3) is 0.815. The van der Waals surface area contributed by atoms with E-state index < -0.39 is 30.6 Å². The van der Waals surface area contributed by atoms with Gasteiger partial charge in [0.2, 0.25) is 0 Å². The van der Waals surface area contributed by atoms with Gasteiger partial charge in [0.1, 0.15) is 24.9 Å². The largest absolute Gasteiger partial charge is 0.463 e. The van der Waals surface area contributed by atoms with Crippen LogP contribution in [0.1, 0.15) is 72.6 Å². The van der Waals surface area contributed by atoms with E-state index in [1.54, 1.807) is 0 Å². The van der Waals surface area contributed by atoms with Crippen LogP contribution in [-0.4, -0.2) is 54.0 Å². The normalized spacial score (nSPS) is 47.3. The van der Waals surface area contributed by atoms with Crippen molar-refractivity contribution in [3.05, 3.63) is 24.3 Å². The van der Waals surface area contributed by atoms with Gasteiger partial charge in [-0.1, -0.05) is 44.9 Å². The van der Waals surface area contributed by atoms with Crippen molar-refractivity contribution in [1.29, 1.82) is 0 Å². The Morgan fingerprint density at radius 3 is 2.70 bits per heavy atom. The Labute approximate surface area is 198 Å². The summed E-state index contributed by atoms with van der Waals surface area (Å²) >= 11 is 0. The maximum absolute atomic E-state index is 11.1. The lowest BCUT2D eigenvalue weighted by molar-refractivity contribution is -0.187. The average molecular weight is 463 g/mol. The van der Waals surface area contributed by atoms with Crippen LogP contribution in [0, 0.1) is 28.1 Å². The van der Waals surface area contributed by atoms with E-state index in [4.69, 9.17) is 14.2 Å². The van der Waals surface area contributed by atoms with Crippen LogP contribution < -0.4 is 0 Å². The third kappa shape index (κ3) is 4.56. The van der Waals surface area contributed by atoms with Gasteiger partial charge in [-0.15, -0.1) is 6.58 Å². The molecule has 4 aliphatic rings. The minimum absolute atomic E-state index is 0.0959. The molecule has 1 aliphatic heterocycles. The van der Waals surface area contributed by atoms with Gasteiger partial charge < -0.3 is 24.4 Å². The number of aliphatic hydroxyl groups excluding tert-OH is 2. The van der Waals surface area contributed by atoms with Crippen molar-refractivity contribution in [1.82, 2.24) is 0 Å². The molecule has 0 unspecified atom stereocenters. The van der Waals surface area contributed by atoms with Gasteiger partial charge in [0.25, 0.3) is 0 Å². The predicted molar refractivity (Wildman–Crippen MR) is 125 cm³/mol. The Morgan fingerprint density at radius 2 is 2.00 bits per heavy atom. The maximum atomic E-state index is 11.1. The standard InChI is InChI=1S/C27H42O6/c1-6-25(3)12-13-27(5)18(14-25)9-10-19-20(27)8-7-11-26(19,4)16-32-24-23(30)22(29)21(33-24)15-31-17(2)28/h6,10,18,20-24,29-30H,1,7-9,11-16H2,2-5H3/t18-,20-,21-,22-,23+,24+,25-,26+,27-/m0/s1. The van der Waals surface area contributed by atoms with Crippen molar-refractivity contribution >= 4 is 5.97 Å². The number of carbonyl (C=O) groups is 1. The van der Waals surface area contributed by atoms with E-state index in [-0.39, 0.29) is 17.4 Å². The highest BCUT2D eigenvalue weighted by Crippen LogP contribution is 2.63. The molecular formula is C27H42O6. The highest BCUT2D eigenvalue weighted by Gasteiger charge is 2.54. The van der Waals surface area contributed by atoms with Gasteiger partial charge in [0.15, 0.2) is 6.29 Å². The summed E-state index contributed by atoms with van der Waals surface area (Å²) in [5.74, 6) is 0.797. The number of hydrogen-bond acceptors (Lipinski definition) is 6. The van der Waals surface area contributed by atoms with Crippen LogP contribution in [0.15, 0.2) is 24.3 Å². The van der Waals surface area contributed by atoms with Crippen molar-refractivity contribution < 1.29 is 29.2 Å². The summed E-state index contributed by atoms with van der Waals surface area (Å²) in [6.45, 7) is 12.9. The van der Waals surface area contributed by atoms with Crippen LogP contribution >= 0.6 is 0 Å². The zero-order valence-electron chi connectivity index (χ0n) is 20.7. The summed E-state index contributed by atoms with van der Waals surface area (Å²) in [7, 11) is 0. The molecule has 0 amide bonds. The molecule has 0 aromatic carbocycles. The number of aliphatic hydroxyl groups is 2. The Bertz CT molecular complexity index is 793. The molecule has 9 atom stereocenters. The zero-order chi connectivity index (χ0) is 24.0. The second-order valence-electron chi connectivity index (χ2n) is 11.8. The van der Waals surface area contributed by atoms with Gasteiger partial charge >= 0.3 is 5.97 Å². The minimum Gasteiger partial charge on any atom is -0.463 e. The molecule has 186 valence electrons. The van der Waals surface area contributed by atoms with Gasteiger partial charge in [-0.05, 0) is 61.2 Å². The highest BCUT2D eigenvalue weighted by molar-refractivity contribution is 5.65. The van der Waals surface area contributed by atoms with Crippen LogP contribution in [0.3, 0.4) is 0 Å². The molecule has 0 aromatic heterocycles. The molecule has 3 fully saturated rings. The van der Waals surface area contributed by atoms with Crippen molar-refractivity contribution in [3.63, 3.8) is 0 Å². The zero-order valence-corrected chi connectivity index (χ0v) is 20.7. The number of allylic oxidation sites excluding steroid dienone is 2. The second kappa shape index (κ2) is 9.10. The minimum atomic E-state index is -1.16.